The number of hydrogen-bond acceptors (Lipinski definition) is 3. The van der Waals surface area contributed by atoms with E-state index >= 15 is 0 Å². The van der Waals surface area contributed by atoms with Crippen LogP contribution < -0.4 is 11.1 Å². The lowest BCUT2D eigenvalue weighted by Gasteiger charge is -2.26. The summed E-state index contributed by atoms with van der Waals surface area (Å²) >= 11 is 0. The Balaban J connectivity index is 4.36. The Hall–Kier alpha value is -0.610. The molecule has 1 amide bonds. The van der Waals surface area contributed by atoms with Crippen LogP contribution in [0.1, 0.15) is 34.1 Å². The molecule has 0 aromatic carbocycles. The number of amides is 1. The van der Waals surface area contributed by atoms with Crippen molar-refractivity contribution in [1.29, 1.82) is 0 Å². The molecule has 1 unspecified atom stereocenters. The second-order valence-corrected chi connectivity index (χ2v) is 5.87. The van der Waals surface area contributed by atoms with Gasteiger partial charge < -0.3 is 16.0 Å². The Morgan fingerprint density at radius 1 is 1.24 bits per heavy atom. The number of hydrogen-bond donors (Lipinski definition) is 2. The highest BCUT2D eigenvalue weighted by atomic mass is 16.2. The fraction of sp³-hybridized carbons (Fsp3) is 0.923. The van der Waals surface area contributed by atoms with Gasteiger partial charge in [0.25, 0.3) is 0 Å². The number of carbonyl (C=O) groups excluding carboxylic acids is 1. The zero-order valence-corrected chi connectivity index (χ0v) is 12.2. The molecular formula is C13H29N3O. The summed E-state index contributed by atoms with van der Waals surface area (Å²) in [5.74, 6) is 0.706. The van der Waals surface area contributed by atoms with E-state index in [1.807, 2.05) is 27.9 Å². The normalized spacial score (nSPS) is 15.4. The van der Waals surface area contributed by atoms with Crippen molar-refractivity contribution in [3.05, 3.63) is 0 Å². The first-order valence-electron chi connectivity index (χ1n) is 6.44. The molecule has 0 aliphatic heterocycles. The van der Waals surface area contributed by atoms with Crippen molar-refractivity contribution >= 4 is 5.91 Å². The Morgan fingerprint density at radius 3 is 2.12 bits per heavy atom. The van der Waals surface area contributed by atoms with E-state index in [1.165, 1.54) is 0 Å². The Morgan fingerprint density at radius 2 is 1.76 bits per heavy atom. The first-order chi connectivity index (χ1) is 7.73. The SMILES string of the molecule is CC(C)CC(CN(C)C)NC(=O)[C@@H](N)C(C)C. The number of carbonyl (C=O) groups is 1. The zero-order chi connectivity index (χ0) is 13.6. The molecule has 0 saturated carbocycles. The monoisotopic (exact) mass is 243 g/mol. The fourth-order valence-corrected chi connectivity index (χ4v) is 1.79. The van der Waals surface area contributed by atoms with Gasteiger partial charge in [0.05, 0.1) is 6.04 Å². The number of nitrogens with two attached hydrogens (primary N) is 1. The van der Waals surface area contributed by atoms with Gasteiger partial charge in [-0.3, -0.25) is 4.79 Å². The third-order valence-electron chi connectivity index (χ3n) is 2.71. The maximum absolute atomic E-state index is 11.9. The van der Waals surface area contributed by atoms with E-state index in [0.717, 1.165) is 13.0 Å². The predicted octanol–water partition coefficient (Wildman–Crippen LogP) is 1.06. The van der Waals surface area contributed by atoms with Crippen molar-refractivity contribution in [1.82, 2.24) is 10.2 Å². The molecule has 102 valence electrons. The lowest BCUT2D eigenvalue weighted by molar-refractivity contribution is -0.124. The lowest BCUT2D eigenvalue weighted by atomic mass is 10.0. The highest BCUT2D eigenvalue weighted by molar-refractivity contribution is 5.82. The average molecular weight is 243 g/mol. The van der Waals surface area contributed by atoms with E-state index in [9.17, 15) is 4.79 Å². The van der Waals surface area contributed by atoms with E-state index < -0.39 is 6.04 Å². The molecule has 0 radical (unpaired) electrons. The van der Waals surface area contributed by atoms with Gasteiger partial charge in [-0.1, -0.05) is 27.7 Å². The zero-order valence-electron chi connectivity index (χ0n) is 12.2. The minimum Gasteiger partial charge on any atom is -0.351 e. The standard InChI is InChI=1S/C13H29N3O/c1-9(2)7-11(8-16(5)6)15-13(17)12(14)10(3)4/h9-12H,7-8,14H2,1-6H3,(H,15,17)/t11?,12-/m0/s1. The van der Waals surface area contributed by atoms with Crippen molar-refractivity contribution < 1.29 is 4.79 Å². The van der Waals surface area contributed by atoms with Crippen molar-refractivity contribution in [2.45, 2.75) is 46.2 Å². The molecule has 0 rings (SSSR count). The second kappa shape index (κ2) is 7.67. The number of rotatable bonds is 7. The minimum absolute atomic E-state index is 0.0347. The van der Waals surface area contributed by atoms with Gasteiger partial charge in [0, 0.05) is 12.6 Å². The maximum atomic E-state index is 11.9. The van der Waals surface area contributed by atoms with Gasteiger partial charge in [-0.25, -0.2) is 0 Å². The van der Waals surface area contributed by atoms with E-state index in [0.29, 0.717) is 5.92 Å². The second-order valence-electron chi connectivity index (χ2n) is 5.87. The summed E-state index contributed by atoms with van der Waals surface area (Å²) in [6.45, 7) is 9.12. The van der Waals surface area contributed by atoms with E-state index in [-0.39, 0.29) is 17.9 Å². The molecule has 4 heteroatoms. The third kappa shape index (κ3) is 7.34. The molecule has 0 spiro atoms. The summed E-state index contributed by atoms with van der Waals surface area (Å²) in [7, 11) is 4.03. The number of nitrogens with zero attached hydrogens (tertiary/aromatic N) is 1. The molecule has 3 N–H and O–H groups in total. The molecule has 0 saturated heterocycles. The summed E-state index contributed by atoms with van der Waals surface area (Å²) in [5, 5.41) is 3.06. The fourth-order valence-electron chi connectivity index (χ4n) is 1.79. The van der Waals surface area contributed by atoms with Crippen LogP contribution in [0.15, 0.2) is 0 Å². The Kier molecular flexibility index (Phi) is 7.39. The van der Waals surface area contributed by atoms with Crippen LogP contribution in [-0.2, 0) is 4.79 Å². The molecule has 0 aromatic rings. The molecule has 0 aromatic heterocycles. The summed E-state index contributed by atoms with van der Waals surface area (Å²) < 4.78 is 0. The van der Waals surface area contributed by atoms with Crippen molar-refractivity contribution in [2.24, 2.45) is 17.6 Å². The van der Waals surface area contributed by atoms with E-state index in [1.54, 1.807) is 0 Å². The first kappa shape index (κ1) is 16.4. The molecular weight excluding hydrogens is 214 g/mol. The van der Waals surface area contributed by atoms with E-state index in [4.69, 9.17) is 5.73 Å². The summed E-state index contributed by atoms with van der Waals surface area (Å²) in [6, 6.07) is -0.228. The highest BCUT2D eigenvalue weighted by Crippen LogP contribution is 2.07. The predicted molar refractivity (Wildman–Crippen MR) is 72.8 cm³/mol. The van der Waals surface area contributed by atoms with Crippen molar-refractivity contribution in [3.63, 3.8) is 0 Å². The maximum Gasteiger partial charge on any atom is 0.237 e. The van der Waals surface area contributed by atoms with Gasteiger partial charge in [-0.15, -0.1) is 0 Å². The van der Waals surface area contributed by atoms with Crippen LogP contribution in [0.2, 0.25) is 0 Å². The van der Waals surface area contributed by atoms with Crippen LogP contribution in [0.25, 0.3) is 0 Å². The molecule has 17 heavy (non-hydrogen) atoms. The van der Waals surface area contributed by atoms with E-state index in [2.05, 4.69) is 24.1 Å². The average Bonchev–Trinajstić information content (AvgIpc) is 2.13. The number of likely N-dealkylation sites (N-methyl/N-ethyl adjacent to an activating group) is 1. The van der Waals surface area contributed by atoms with Crippen molar-refractivity contribution in [3.8, 4) is 0 Å². The summed E-state index contributed by atoms with van der Waals surface area (Å²) in [6.07, 6.45) is 0.981. The van der Waals surface area contributed by atoms with Crippen LogP contribution in [-0.4, -0.2) is 43.5 Å². The Labute approximate surface area is 106 Å². The molecule has 0 bridgehead atoms. The van der Waals surface area contributed by atoms with Crippen LogP contribution in [0, 0.1) is 11.8 Å². The largest absolute Gasteiger partial charge is 0.351 e. The summed E-state index contributed by atoms with van der Waals surface area (Å²) in [5.41, 5.74) is 5.84. The van der Waals surface area contributed by atoms with Crippen LogP contribution in [0.4, 0.5) is 0 Å². The number of nitrogens with one attached hydrogen (secondary N) is 1. The van der Waals surface area contributed by atoms with Crippen molar-refractivity contribution in [2.75, 3.05) is 20.6 Å². The van der Waals surface area contributed by atoms with Gasteiger partial charge in [0.2, 0.25) is 5.91 Å². The van der Waals surface area contributed by atoms with Gasteiger partial charge in [0.1, 0.15) is 0 Å². The molecule has 0 aliphatic carbocycles. The highest BCUT2D eigenvalue weighted by Gasteiger charge is 2.21. The van der Waals surface area contributed by atoms with Gasteiger partial charge in [0.15, 0.2) is 0 Å². The smallest absolute Gasteiger partial charge is 0.237 e. The third-order valence-corrected chi connectivity index (χ3v) is 2.71. The molecule has 0 heterocycles. The van der Waals surface area contributed by atoms with Gasteiger partial charge >= 0.3 is 0 Å². The molecule has 2 atom stereocenters. The van der Waals surface area contributed by atoms with Gasteiger partial charge in [-0.05, 0) is 32.4 Å². The van der Waals surface area contributed by atoms with Crippen LogP contribution in [0.3, 0.4) is 0 Å². The summed E-state index contributed by atoms with van der Waals surface area (Å²) in [4.78, 5) is 14.0. The lowest BCUT2D eigenvalue weighted by Crippen LogP contribution is -2.50. The topological polar surface area (TPSA) is 58.4 Å². The molecule has 0 fully saturated rings. The Bertz CT molecular complexity index is 217. The van der Waals surface area contributed by atoms with Crippen LogP contribution >= 0.6 is 0 Å². The molecule has 0 aliphatic rings. The van der Waals surface area contributed by atoms with Crippen LogP contribution in [0.5, 0.6) is 0 Å². The molecule has 4 nitrogen and oxygen atoms in total. The van der Waals surface area contributed by atoms with Gasteiger partial charge in [-0.2, -0.15) is 0 Å². The quantitative estimate of drug-likeness (QED) is 0.703. The first-order valence-corrected chi connectivity index (χ1v) is 6.44. The minimum atomic E-state index is -0.410.